The molecule has 12 heavy (non-hydrogen) atoms. The van der Waals surface area contributed by atoms with Gasteiger partial charge < -0.3 is 0 Å². The number of hydrogen-bond donors (Lipinski definition) is 0. The van der Waals surface area contributed by atoms with Gasteiger partial charge in [-0.05, 0) is 10.3 Å². The van der Waals surface area contributed by atoms with E-state index >= 15 is 0 Å². The average molecular weight is 184 g/mol. The van der Waals surface area contributed by atoms with Crippen LogP contribution < -0.4 is 0 Å². The van der Waals surface area contributed by atoms with E-state index in [2.05, 4.69) is 49.3 Å². The van der Waals surface area contributed by atoms with Crippen LogP contribution in [0.4, 0.5) is 0 Å². The molecule has 0 aromatic carbocycles. The smallest absolute Gasteiger partial charge is 0.0875 e. The minimum absolute atomic E-state index is 0.157. The first-order valence-corrected chi connectivity index (χ1v) is 6.50. The molecule has 0 rings (SSSR count). The fraction of sp³-hybridized carbons (Fsp3) is 1.00. The van der Waals surface area contributed by atoms with E-state index in [-0.39, 0.29) is 7.92 Å². The highest BCUT2D eigenvalue weighted by Gasteiger charge is 2.32. The zero-order valence-corrected chi connectivity index (χ0v) is 10.8. The van der Waals surface area contributed by atoms with Crippen LogP contribution in [0.1, 0.15) is 41.5 Å². The van der Waals surface area contributed by atoms with E-state index in [1.807, 2.05) is 0 Å². The summed E-state index contributed by atoms with van der Waals surface area (Å²) in [4.78, 5) is 0. The molecule has 0 radical (unpaired) electrons. The molecule has 0 unspecified atom stereocenters. The Kier molecular flexibility index (Phi) is 4.38. The molecule has 0 N–H and O–H groups in total. The second-order valence-corrected chi connectivity index (χ2v) is 9.48. The summed E-state index contributed by atoms with van der Waals surface area (Å²) < 4.78 is 0. The van der Waals surface area contributed by atoms with Crippen LogP contribution in [0.5, 0.6) is 0 Å². The third-order valence-electron chi connectivity index (χ3n) is 2.07. The average Bonchev–Trinajstić information content (AvgIpc) is 1.77. The lowest BCUT2D eigenvalue weighted by atomic mass is 9.58. The van der Waals surface area contributed by atoms with Gasteiger partial charge in [-0.2, -0.15) is 0 Å². The Morgan fingerprint density at radius 3 is 1.42 bits per heavy atom. The van der Waals surface area contributed by atoms with Crippen molar-refractivity contribution < 1.29 is 0 Å². The standard InChI is InChI=1S/C9H23B2P/c1-8(2,3)12(7-11-10)9(4,5)6/h11H,7,10H2,1-6H3. The predicted octanol–water partition coefficient (Wildman–Crippen LogP) is 2.01. The Labute approximate surface area is 81.3 Å². The lowest BCUT2D eigenvalue weighted by Crippen LogP contribution is -2.28. The van der Waals surface area contributed by atoms with Crippen molar-refractivity contribution >= 4 is 22.8 Å². The molecular weight excluding hydrogens is 161 g/mol. The molecule has 0 aliphatic rings. The van der Waals surface area contributed by atoms with Gasteiger partial charge in [0.25, 0.3) is 0 Å². The Morgan fingerprint density at radius 1 is 1.00 bits per heavy atom. The molecule has 0 nitrogen and oxygen atoms in total. The highest BCUT2D eigenvalue weighted by atomic mass is 31.1. The van der Waals surface area contributed by atoms with Crippen molar-refractivity contribution in [1.82, 2.24) is 0 Å². The first-order valence-electron chi connectivity index (χ1n) is 4.97. The molecule has 0 amide bonds. The molecular formula is C9H23B2P. The Bertz CT molecular complexity index is 118. The molecule has 0 heterocycles. The van der Waals surface area contributed by atoms with Gasteiger partial charge in [-0.15, -0.1) is 7.92 Å². The van der Waals surface area contributed by atoms with Crippen LogP contribution in [0, 0.1) is 0 Å². The van der Waals surface area contributed by atoms with Gasteiger partial charge in [0.15, 0.2) is 0 Å². The van der Waals surface area contributed by atoms with Crippen LogP contribution in [-0.2, 0) is 0 Å². The van der Waals surface area contributed by atoms with Crippen LogP contribution >= 0.6 is 7.92 Å². The molecule has 0 bridgehead atoms. The van der Waals surface area contributed by atoms with Crippen molar-refractivity contribution in [3.8, 4) is 0 Å². The fourth-order valence-corrected chi connectivity index (χ4v) is 5.70. The van der Waals surface area contributed by atoms with E-state index < -0.39 is 0 Å². The minimum atomic E-state index is 0.157. The van der Waals surface area contributed by atoms with Crippen LogP contribution in [0.3, 0.4) is 0 Å². The van der Waals surface area contributed by atoms with Gasteiger partial charge in [-0.1, -0.05) is 47.6 Å². The Balaban J connectivity index is 4.45. The third-order valence-corrected chi connectivity index (χ3v) is 6.20. The van der Waals surface area contributed by atoms with E-state index in [1.54, 1.807) is 0 Å². The summed E-state index contributed by atoms with van der Waals surface area (Å²) in [5.74, 6) is 0. The highest BCUT2D eigenvalue weighted by Crippen LogP contribution is 2.58. The Morgan fingerprint density at radius 2 is 1.33 bits per heavy atom. The van der Waals surface area contributed by atoms with Crippen LogP contribution in [0.25, 0.3) is 0 Å². The van der Waals surface area contributed by atoms with Gasteiger partial charge in [-0.25, -0.2) is 0 Å². The summed E-state index contributed by atoms with van der Waals surface area (Å²) in [5.41, 5.74) is 0. The molecule has 0 fully saturated rings. The van der Waals surface area contributed by atoms with E-state index in [9.17, 15) is 0 Å². The molecule has 0 spiro atoms. The second-order valence-electron chi connectivity index (χ2n) is 5.49. The fourth-order valence-electron chi connectivity index (χ4n) is 1.90. The summed E-state index contributed by atoms with van der Waals surface area (Å²) in [6, 6.07) is 1.42. The molecule has 0 saturated heterocycles. The summed E-state index contributed by atoms with van der Waals surface area (Å²) in [7, 11) is 3.79. The molecule has 0 aliphatic carbocycles. The summed E-state index contributed by atoms with van der Waals surface area (Å²) in [5, 5.41) is 1.03. The zero-order chi connectivity index (χ0) is 9.99. The first-order chi connectivity index (χ1) is 5.19. The normalized spacial score (nSPS) is 13.6. The van der Waals surface area contributed by atoms with E-state index in [0.29, 0.717) is 10.3 Å². The molecule has 3 heteroatoms. The second kappa shape index (κ2) is 4.18. The van der Waals surface area contributed by atoms with E-state index in [0.717, 1.165) is 0 Å². The quantitative estimate of drug-likeness (QED) is 0.454. The molecule has 0 saturated carbocycles. The maximum absolute atomic E-state index is 2.39. The van der Waals surface area contributed by atoms with Crippen molar-refractivity contribution in [2.45, 2.75) is 51.9 Å². The molecule has 0 atom stereocenters. The zero-order valence-electron chi connectivity index (χ0n) is 9.86. The molecule has 0 aromatic rings. The highest BCUT2D eigenvalue weighted by molar-refractivity contribution is 7.63. The molecule has 0 aliphatic heterocycles. The molecule has 70 valence electrons. The van der Waals surface area contributed by atoms with Gasteiger partial charge in [-0.3, -0.25) is 0 Å². The van der Waals surface area contributed by atoms with Gasteiger partial charge in [0.2, 0.25) is 0 Å². The summed E-state index contributed by atoms with van der Waals surface area (Å²) in [6.07, 6.45) is 0. The minimum Gasteiger partial charge on any atom is -0.104 e. The lowest BCUT2D eigenvalue weighted by Gasteiger charge is -2.41. The Hall–Kier alpha value is 0.560. The van der Waals surface area contributed by atoms with Crippen LogP contribution in [-0.4, -0.2) is 31.3 Å². The van der Waals surface area contributed by atoms with E-state index in [1.165, 1.54) is 13.2 Å². The van der Waals surface area contributed by atoms with Gasteiger partial charge >= 0.3 is 0 Å². The first kappa shape index (κ1) is 12.6. The molecule has 0 aromatic heterocycles. The number of rotatable bonds is 2. The van der Waals surface area contributed by atoms with Crippen LogP contribution in [0.2, 0.25) is 0 Å². The third kappa shape index (κ3) is 3.99. The van der Waals surface area contributed by atoms with Gasteiger partial charge in [0, 0.05) is 0 Å². The van der Waals surface area contributed by atoms with Gasteiger partial charge in [0.05, 0.1) is 14.9 Å². The number of hydrogen-bond acceptors (Lipinski definition) is 0. The van der Waals surface area contributed by atoms with E-state index in [4.69, 9.17) is 0 Å². The van der Waals surface area contributed by atoms with Crippen molar-refractivity contribution in [2.24, 2.45) is 0 Å². The maximum Gasteiger partial charge on any atom is 0.0875 e. The van der Waals surface area contributed by atoms with Crippen molar-refractivity contribution in [3.63, 3.8) is 0 Å². The van der Waals surface area contributed by atoms with Crippen LogP contribution in [0.15, 0.2) is 0 Å². The monoisotopic (exact) mass is 184 g/mol. The van der Waals surface area contributed by atoms with Crippen molar-refractivity contribution in [2.75, 3.05) is 6.06 Å². The topological polar surface area (TPSA) is 0 Å². The summed E-state index contributed by atoms with van der Waals surface area (Å²) >= 11 is 0. The SMILES string of the molecule is BBCP(C(C)(C)C)C(C)(C)C. The predicted molar refractivity (Wildman–Crippen MR) is 67.0 cm³/mol. The summed E-state index contributed by atoms with van der Waals surface area (Å²) in [6.45, 7) is 14.3. The van der Waals surface area contributed by atoms with Crippen molar-refractivity contribution in [3.05, 3.63) is 0 Å². The van der Waals surface area contributed by atoms with Gasteiger partial charge in [0.1, 0.15) is 0 Å². The maximum atomic E-state index is 2.39. The lowest BCUT2D eigenvalue weighted by molar-refractivity contribution is 0.709. The largest absolute Gasteiger partial charge is 0.104 e. The van der Waals surface area contributed by atoms with Crippen molar-refractivity contribution in [1.29, 1.82) is 0 Å².